The van der Waals surface area contributed by atoms with Gasteiger partial charge in [0.15, 0.2) is 0 Å². The summed E-state index contributed by atoms with van der Waals surface area (Å²) in [6, 6.07) is 7.32. The molecule has 28 heavy (non-hydrogen) atoms. The van der Waals surface area contributed by atoms with Crippen molar-refractivity contribution >= 4 is 40.6 Å². The smallest absolute Gasteiger partial charge is 0.357 e. The molecule has 1 aromatic carbocycles. The van der Waals surface area contributed by atoms with Crippen molar-refractivity contribution in [1.29, 1.82) is 0 Å². The summed E-state index contributed by atoms with van der Waals surface area (Å²) in [6.45, 7) is 1.07. The Labute approximate surface area is 170 Å². The molecule has 9 heteroatoms. The summed E-state index contributed by atoms with van der Waals surface area (Å²) in [4.78, 5) is 20.1. The number of carbonyl (C=O) groups is 1. The first kappa shape index (κ1) is 20.7. The quantitative estimate of drug-likeness (QED) is 0.662. The highest BCUT2D eigenvalue weighted by atomic mass is 35.5. The highest BCUT2D eigenvalue weighted by Crippen LogP contribution is 2.32. The third-order valence-electron chi connectivity index (χ3n) is 4.84. The number of halogens is 5. The summed E-state index contributed by atoms with van der Waals surface area (Å²) in [5, 5.41) is 0.925. The molecule has 0 unspecified atom stereocenters. The summed E-state index contributed by atoms with van der Waals surface area (Å²) >= 11 is 12.2. The molecule has 1 aliphatic heterocycles. The van der Waals surface area contributed by atoms with Gasteiger partial charge in [0.25, 0.3) is 0 Å². The second-order valence-corrected chi connectivity index (χ2v) is 7.50. The minimum absolute atomic E-state index is 0.0656. The molecule has 0 spiro atoms. The van der Waals surface area contributed by atoms with Gasteiger partial charge in [-0.2, -0.15) is 13.2 Å². The third kappa shape index (κ3) is 4.52. The molecule has 0 saturated carbocycles. The Hall–Kier alpha value is -1.99. The number of alkyl halides is 3. The summed E-state index contributed by atoms with van der Waals surface area (Å²) in [7, 11) is 1.66. The van der Waals surface area contributed by atoms with Crippen LogP contribution < -0.4 is 9.80 Å². The summed E-state index contributed by atoms with van der Waals surface area (Å²) in [5.74, 6) is 0.208. The lowest BCUT2D eigenvalue weighted by molar-refractivity contribution is -0.137. The van der Waals surface area contributed by atoms with Crippen LogP contribution in [0.3, 0.4) is 0 Å². The summed E-state index contributed by atoms with van der Waals surface area (Å²) < 4.78 is 38.0. The Morgan fingerprint density at radius 3 is 2.43 bits per heavy atom. The van der Waals surface area contributed by atoms with Crippen molar-refractivity contribution in [1.82, 2.24) is 4.98 Å². The molecule has 1 saturated heterocycles. The second kappa shape index (κ2) is 8.17. The van der Waals surface area contributed by atoms with Gasteiger partial charge in [0.1, 0.15) is 5.82 Å². The monoisotopic (exact) mass is 431 g/mol. The number of aromatic nitrogens is 1. The maximum absolute atomic E-state index is 12.8. The van der Waals surface area contributed by atoms with E-state index in [0.29, 0.717) is 47.5 Å². The lowest BCUT2D eigenvalue weighted by atomic mass is 9.95. The zero-order valence-corrected chi connectivity index (χ0v) is 16.5. The molecule has 2 aromatic rings. The number of anilines is 2. The molecule has 0 bridgehead atoms. The van der Waals surface area contributed by atoms with Gasteiger partial charge in [-0.15, -0.1) is 0 Å². The van der Waals surface area contributed by atoms with E-state index in [0.717, 1.165) is 12.3 Å². The fourth-order valence-electron chi connectivity index (χ4n) is 3.23. The van der Waals surface area contributed by atoms with E-state index in [2.05, 4.69) is 4.98 Å². The molecule has 1 aromatic heterocycles. The van der Waals surface area contributed by atoms with Crippen molar-refractivity contribution in [3.63, 3.8) is 0 Å². The minimum atomic E-state index is -4.41. The second-order valence-electron chi connectivity index (χ2n) is 6.66. The van der Waals surface area contributed by atoms with E-state index in [1.807, 2.05) is 4.90 Å². The van der Waals surface area contributed by atoms with E-state index >= 15 is 0 Å². The fraction of sp³-hybridized carbons (Fsp3) is 0.368. The first-order chi connectivity index (χ1) is 13.2. The fourth-order valence-corrected chi connectivity index (χ4v) is 3.64. The van der Waals surface area contributed by atoms with Crippen molar-refractivity contribution in [3.8, 4) is 0 Å². The zero-order valence-electron chi connectivity index (χ0n) is 15.0. The number of nitrogens with zero attached hydrogens (tertiary/aromatic N) is 3. The molecule has 0 radical (unpaired) electrons. The molecule has 1 aliphatic rings. The average molecular weight is 432 g/mol. The molecule has 4 nitrogen and oxygen atoms in total. The van der Waals surface area contributed by atoms with Gasteiger partial charge in [0, 0.05) is 37.3 Å². The highest BCUT2D eigenvalue weighted by Gasteiger charge is 2.32. The predicted octanol–water partition coefficient (Wildman–Crippen LogP) is 5.29. The summed E-state index contributed by atoms with van der Waals surface area (Å²) in [5.41, 5.74) is -0.229. The van der Waals surface area contributed by atoms with Crippen LogP contribution in [-0.2, 0) is 11.0 Å². The van der Waals surface area contributed by atoms with Crippen molar-refractivity contribution < 1.29 is 18.0 Å². The first-order valence-electron chi connectivity index (χ1n) is 8.67. The highest BCUT2D eigenvalue weighted by molar-refractivity contribution is 6.35. The normalized spacial score (nSPS) is 15.6. The van der Waals surface area contributed by atoms with Crippen LogP contribution in [0.15, 0.2) is 36.5 Å². The van der Waals surface area contributed by atoms with Crippen LogP contribution in [-0.4, -0.2) is 31.0 Å². The number of rotatable bonds is 3. The van der Waals surface area contributed by atoms with E-state index in [1.165, 1.54) is 11.0 Å². The third-order valence-corrected chi connectivity index (χ3v) is 5.40. The van der Waals surface area contributed by atoms with Crippen LogP contribution in [0.25, 0.3) is 0 Å². The molecular weight excluding hydrogens is 414 g/mol. The average Bonchev–Trinajstić information content (AvgIpc) is 2.68. The summed E-state index contributed by atoms with van der Waals surface area (Å²) in [6.07, 6.45) is -2.42. The lowest BCUT2D eigenvalue weighted by Crippen LogP contribution is -2.41. The van der Waals surface area contributed by atoms with E-state index in [1.54, 1.807) is 25.2 Å². The number of amides is 1. The Kier molecular flexibility index (Phi) is 6.05. The number of pyridine rings is 1. The van der Waals surface area contributed by atoms with Gasteiger partial charge >= 0.3 is 6.18 Å². The zero-order chi connectivity index (χ0) is 20.5. The molecule has 2 heterocycles. The maximum Gasteiger partial charge on any atom is 0.417 e. The van der Waals surface area contributed by atoms with Gasteiger partial charge in [0.05, 0.1) is 16.3 Å². The topological polar surface area (TPSA) is 36.4 Å². The Balaban J connectivity index is 1.63. The van der Waals surface area contributed by atoms with Crippen LogP contribution in [0.4, 0.5) is 24.7 Å². The van der Waals surface area contributed by atoms with Crippen LogP contribution in [0.2, 0.25) is 10.0 Å². The number of hydrogen-bond donors (Lipinski definition) is 0. The number of piperidine rings is 1. The number of benzene rings is 1. The first-order valence-corrected chi connectivity index (χ1v) is 9.43. The van der Waals surface area contributed by atoms with Gasteiger partial charge in [0.2, 0.25) is 5.91 Å². The molecule has 0 atom stereocenters. The Morgan fingerprint density at radius 2 is 1.86 bits per heavy atom. The van der Waals surface area contributed by atoms with Crippen LogP contribution in [0.1, 0.15) is 18.4 Å². The van der Waals surface area contributed by atoms with Crippen molar-refractivity contribution in [2.45, 2.75) is 19.0 Å². The SMILES string of the molecule is CN(C(=O)C1CCN(c2ccc(C(F)(F)F)cn2)CC1)c1cc(Cl)ccc1Cl. The van der Waals surface area contributed by atoms with Crippen LogP contribution >= 0.6 is 23.2 Å². The van der Waals surface area contributed by atoms with Gasteiger partial charge in [-0.25, -0.2) is 4.98 Å². The number of hydrogen-bond acceptors (Lipinski definition) is 3. The standard InChI is InChI=1S/C19H18Cl2F3N3O/c1-26(16-10-14(20)3-4-15(16)21)18(28)12-6-8-27(9-7-12)17-5-2-13(11-25-17)19(22,23)24/h2-5,10-12H,6-9H2,1H3. The lowest BCUT2D eigenvalue weighted by Gasteiger charge is -2.34. The molecule has 150 valence electrons. The van der Waals surface area contributed by atoms with E-state index in [9.17, 15) is 18.0 Å². The van der Waals surface area contributed by atoms with E-state index < -0.39 is 11.7 Å². The van der Waals surface area contributed by atoms with E-state index in [-0.39, 0.29) is 11.8 Å². The van der Waals surface area contributed by atoms with Crippen molar-refractivity contribution in [2.24, 2.45) is 5.92 Å². The van der Waals surface area contributed by atoms with Crippen LogP contribution in [0, 0.1) is 5.92 Å². The van der Waals surface area contributed by atoms with Gasteiger partial charge in [-0.05, 0) is 43.2 Å². The molecule has 0 aliphatic carbocycles. The van der Waals surface area contributed by atoms with Crippen molar-refractivity contribution in [2.75, 3.05) is 29.9 Å². The van der Waals surface area contributed by atoms with Gasteiger partial charge < -0.3 is 9.80 Å². The Bertz CT molecular complexity index is 850. The van der Waals surface area contributed by atoms with Crippen molar-refractivity contribution in [3.05, 3.63) is 52.1 Å². The van der Waals surface area contributed by atoms with E-state index in [4.69, 9.17) is 23.2 Å². The maximum atomic E-state index is 12.8. The molecular formula is C19H18Cl2F3N3O. The molecule has 1 amide bonds. The van der Waals surface area contributed by atoms with Gasteiger partial charge in [-0.1, -0.05) is 23.2 Å². The predicted molar refractivity (Wildman–Crippen MR) is 104 cm³/mol. The Morgan fingerprint density at radius 1 is 1.18 bits per heavy atom. The number of carbonyl (C=O) groups excluding carboxylic acids is 1. The molecule has 0 N–H and O–H groups in total. The molecule has 3 rings (SSSR count). The van der Waals surface area contributed by atoms with Gasteiger partial charge in [-0.3, -0.25) is 4.79 Å². The minimum Gasteiger partial charge on any atom is -0.357 e. The largest absolute Gasteiger partial charge is 0.417 e. The van der Waals surface area contributed by atoms with Crippen LogP contribution in [0.5, 0.6) is 0 Å². The molecule has 1 fully saturated rings.